The van der Waals surface area contributed by atoms with Gasteiger partial charge in [0, 0.05) is 0 Å². The van der Waals surface area contributed by atoms with Gasteiger partial charge in [0.25, 0.3) is 5.13 Å². The Morgan fingerprint density at radius 2 is 2.57 bits per heavy atom. The fourth-order valence-electron chi connectivity index (χ4n) is 1.53. The number of rotatable bonds is 1. The zero-order valence-electron chi connectivity index (χ0n) is 7.55. The van der Waals surface area contributed by atoms with Gasteiger partial charge in [-0.05, 0) is 34.3 Å². The quantitative estimate of drug-likeness (QED) is 0.614. The van der Waals surface area contributed by atoms with Crippen LogP contribution in [0.1, 0.15) is 0 Å². The molecule has 5 nitrogen and oxygen atoms in total. The first-order valence-electron chi connectivity index (χ1n) is 4.09. The van der Waals surface area contributed by atoms with E-state index in [1.54, 1.807) is 11.1 Å². The Hall–Kier alpha value is -0.0500. The molecule has 0 saturated carbocycles. The van der Waals surface area contributed by atoms with Crippen molar-refractivity contribution < 1.29 is 5.11 Å². The number of β-amino-alcohol motifs (C(OH)–C–C–N with tert-alkyl or cyclic N) is 1. The summed E-state index contributed by atoms with van der Waals surface area (Å²) in [7, 11) is 1.81. The summed E-state index contributed by atoms with van der Waals surface area (Å²) < 4.78 is 0.0508. The lowest BCUT2D eigenvalue weighted by Gasteiger charge is -2.36. The predicted octanol–water partition coefficient (Wildman–Crippen LogP) is 0.932. The van der Waals surface area contributed by atoms with Gasteiger partial charge in [0.05, 0.1) is 16.5 Å². The van der Waals surface area contributed by atoms with Gasteiger partial charge in [-0.2, -0.15) is 4.98 Å². The fraction of sp³-hybridized carbons (Fsp3) is 0.571. The van der Waals surface area contributed by atoms with Gasteiger partial charge < -0.3 is 10.3 Å². The van der Waals surface area contributed by atoms with Crippen LogP contribution in [0.25, 0.3) is 0 Å². The molecule has 14 heavy (non-hydrogen) atoms. The molecule has 0 radical (unpaired) electrons. The summed E-state index contributed by atoms with van der Waals surface area (Å²) in [6, 6.07) is 0. The summed E-state index contributed by atoms with van der Waals surface area (Å²) in [4.78, 5) is 5.80. The van der Waals surface area contributed by atoms with Gasteiger partial charge >= 0.3 is 0 Å². The van der Waals surface area contributed by atoms with Crippen LogP contribution in [0.3, 0.4) is 0 Å². The molecule has 0 aromatic carbocycles. The molecule has 78 valence electrons. The van der Waals surface area contributed by atoms with Crippen molar-refractivity contribution in [1.29, 1.82) is 0 Å². The van der Waals surface area contributed by atoms with Crippen molar-refractivity contribution >= 4 is 32.4 Å². The Balaban J connectivity index is 2.32. The average Bonchev–Trinajstić information content (AvgIpc) is 2.59. The van der Waals surface area contributed by atoms with E-state index < -0.39 is 10.9 Å². The first kappa shape index (κ1) is 10.5. The number of nitrogens with zero attached hydrogens (tertiary/aromatic N) is 3. The normalized spacial score (nSPS) is 33.9. The molecule has 2 rings (SSSR count). The molecule has 0 spiro atoms. The van der Waals surface area contributed by atoms with Gasteiger partial charge in [-0.3, -0.25) is 9.55 Å². The highest BCUT2D eigenvalue weighted by Gasteiger charge is 2.40. The zero-order valence-corrected chi connectivity index (χ0v) is 9.95. The van der Waals surface area contributed by atoms with E-state index in [9.17, 15) is 10.3 Å². The number of quaternary nitrogens is 1. The number of aliphatic hydroxyl groups excluding tert-OH is 1. The molecule has 1 aliphatic heterocycles. The highest BCUT2D eigenvalue weighted by molar-refractivity contribution is 9.11. The molecule has 0 aliphatic carbocycles. The van der Waals surface area contributed by atoms with Gasteiger partial charge in [-0.25, -0.2) is 0 Å². The van der Waals surface area contributed by atoms with Crippen LogP contribution in [0.2, 0.25) is 0 Å². The van der Waals surface area contributed by atoms with Crippen LogP contribution in [0.4, 0.5) is 5.13 Å². The minimum atomic E-state index is -0.932. The maximum Gasteiger partial charge on any atom is 0.290 e. The van der Waals surface area contributed by atoms with E-state index in [4.69, 9.17) is 0 Å². The van der Waals surface area contributed by atoms with Crippen molar-refractivity contribution in [2.75, 3.05) is 20.3 Å². The lowest BCUT2D eigenvalue weighted by Crippen LogP contribution is -2.48. The van der Waals surface area contributed by atoms with Gasteiger partial charge in [-0.15, -0.1) is 0 Å². The summed E-state index contributed by atoms with van der Waals surface area (Å²) in [5.41, 5.74) is 0. The summed E-state index contributed by atoms with van der Waals surface area (Å²) >= 11 is 4.52. The summed E-state index contributed by atoms with van der Waals surface area (Å²) in [5, 5.41) is 22.3. The molecular formula is C7H10BrN3O2S. The van der Waals surface area contributed by atoms with E-state index in [2.05, 4.69) is 20.9 Å². The Kier molecular flexibility index (Phi) is 2.63. The number of hydrogen-bond acceptors (Lipinski definition) is 5. The maximum atomic E-state index is 12.2. The molecule has 1 aromatic rings. The van der Waals surface area contributed by atoms with Gasteiger partial charge in [-0.1, -0.05) is 0 Å². The van der Waals surface area contributed by atoms with Crippen molar-refractivity contribution in [3.63, 3.8) is 0 Å². The Labute approximate surface area is 93.9 Å². The first-order chi connectivity index (χ1) is 6.52. The SMILES string of the molecule is CN1CC(O)[N+]([O-])(c2ncc(Br)s2)C1. The molecule has 1 aromatic heterocycles. The van der Waals surface area contributed by atoms with Crippen LogP contribution >= 0.6 is 27.3 Å². The zero-order chi connectivity index (χ0) is 10.3. The van der Waals surface area contributed by atoms with E-state index >= 15 is 0 Å². The van der Waals surface area contributed by atoms with Crippen LogP contribution in [0.15, 0.2) is 9.98 Å². The Morgan fingerprint density at radius 3 is 3.00 bits per heavy atom. The van der Waals surface area contributed by atoms with Gasteiger partial charge in [0.1, 0.15) is 6.67 Å². The standard InChI is InChI=1S/C7H10BrN3O2S/c1-10-3-6(12)11(13,4-10)7-9-2-5(8)14-7/h2,6,12H,3-4H2,1H3. The monoisotopic (exact) mass is 279 g/mol. The first-order valence-corrected chi connectivity index (χ1v) is 5.70. The number of hydrogen-bond donors (Lipinski definition) is 1. The number of likely N-dealkylation sites (N-methyl/N-ethyl adjacent to an activating group) is 1. The van der Waals surface area contributed by atoms with Gasteiger partial charge in [0.15, 0.2) is 0 Å². The number of hydroxylamine groups is 2. The summed E-state index contributed by atoms with van der Waals surface area (Å²) in [5.74, 6) is 0. The molecule has 1 N–H and O–H groups in total. The molecule has 2 heterocycles. The van der Waals surface area contributed by atoms with Crippen LogP contribution < -0.4 is 4.65 Å². The number of halogens is 1. The van der Waals surface area contributed by atoms with E-state index in [1.807, 2.05) is 7.05 Å². The van der Waals surface area contributed by atoms with Crippen molar-refractivity contribution in [2.24, 2.45) is 0 Å². The van der Waals surface area contributed by atoms with Gasteiger partial charge in [0.2, 0.25) is 6.23 Å². The lowest BCUT2D eigenvalue weighted by molar-refractivity contribution is 0.0848. The topological polar surface area (TPSA) is 59.4 Å². The highest BCUT2D eigenvalue weighted by atomic mass is 79.9. The molecule has 7 heteroatoms. The number of aliphatic hydroxyl groups is 1. The van der Waals surface area contributed by atoms with Crippen molar-refractivity contribution in [3.05, 3.63) is 15.2 Å². The average molecular weight is 280 g/mol. The number of thiazole rings is 1. The fourth-order valence-corrected chi connectivity index (χ4v) is 2.79. The van der Waals surface area contributed by atoms with Crippen LogP contribution in [-0.2, 0) is 0 Å². The second-order valence-corrected chi connectivity index (χ2v) is 5.79. The van der Waals surface area contributed by atoms with Crippen molar-refractivity contribution in [3.8, 4) is 0 Å². The second kappa shape index (κ2) is 3.51. The molecule has 1 fully saturated rings. The second-order valence-electron chi connectivity index (χ2n) is 3.40. The van der Waals surface area contributed by atoms with Crippen molar-refractivity contribution in [2.45, 2.75) is 6.23 Å². The lowest BCUT2D eigenvalue weighted by atomic mass is 10.5. The molecule has 1 saturated heterocycles. The van der Waals surface area contributed by atoms with E-state index in [-0.39, 0.29) is 6.67 Å². The molecule has 2 unspecified atom stereocenters. The molecule has 1 aliphatic rings. The predicted molar refractivity (Wildman–Crippen MR) is 58.5 cm³/mol. The smallest absolute Gasteiger partial charge is 0.290 e. The third kappa shape index (κ3) is 1.60. The Bertz CT molecular complexity index is 347. The highest BCUT2D eigenvalue weighted by Crippen LogP contribution is 2.35. The largest absolute Gasteiger partial charge is 0.623 e. The van der Waals surface area contributed by atoms with Crippen LogP contribution in [-0.4, -0.2) is 41.5 Å². The van der Waals surface area contributed by atoms with E-state index in [0.717, 1.165) is 3.79 Å². The van der Waals surface area contributed by atoms with E-state index in [1.165, 1.54) is 11.3 Å². The molecular weight excluding hydrogens is 270 g/mol. The van der Waals surface area contributed by atoms with E-state index in [0.29, 0.717) is 11.7 Å². The third-order valence-electron chi connectivity index (χ3n) is 2.20. The van der Waals surface area contributed by atoms with Crippen LogP contribution in [0, 0.1) is 5.21 Å². The minimum absolute atomic E-state index is 0.251. The number of aromatic nitrogens is 1. The molecule has 0 amide bonds. The minimum Gasteiger partial charge on any atom is -0.623 e. The molecule has 2 atom stereocenters. The van der Waals surface area contributed by atoms with Crippen LogP contribution in [0.5, 0.6) is 0 Å². The Morgan fingerprint density at radius 1 is 1.86 bits per heavy atom. The summed E-state index contributed by atoms with van der Waals surface area (Å²) in [6.07, 6.45) is 0.654. The van der Waals surface area contributed by atoms with Crippen molar-refractivity contribution in [1.82, 2.24) is 14.5 Å². The third-order valence-corrected chi connectivity index (χ3v) is 3.78. The maximum absolute atomic E-state index is 12.2. The molecule has 0 bridgehead atoms. The summed E-state index contributed by atoms with van der Waals surface area (Å²) in [6.45, 7) is 0.641.